The Bertz CT molecular complexity index is 646. The van der Waals surface area contributed by atoms with Crippen molar-refractivity contribution >= 4 is 11.4 Å². The second-order valence-electron chi connectivity index (χ2n) is 4.13. The van der Waals surface area contributed by atoms with E-state index in [9.17, 15) is 10.1 Å². The lowest BCUT2D eigenvalue weighted by molar-refractivity contribution is -0.384. The summed E-state index contributed by atoms with van der Waals surface area (Å²) in [6, 6.07) is 5.96. The van der Waals surface area contributed by atoms with Crippen LogP contribution in [0.15, 0.2) is 36.7 Å². The van der Waals surface area contributed by atoms with Crippen molar-refractivity contribution in [3.8, 4) is 17.2 Å². The van der Waals surface area contributed by atoms with Crippen LogP contribution in [0.4, 0.5) is 11.4 Å². The predicted octanol–water partition coefficient (Wildman–Crippen LogP) is 3.22. The number of hydrogen-bond acceptors (Lipinski definition) is 6. The van der Waals surface area contributed by atoms with Gasteiger partial charge in [0.05, 0.1) is 36.2 Å². The Balaban J connectivity index is 2.26. The fourth-order valence-electron chi connectivity index (χ4n) is 1.76. The van der Waals surface area contributed by atoms with Gasteiger partial charge in [0.25, 0.3) is 5.69 Å². The minimum atomic E-state index is -0.486. The molecular formula is C14H15N3O4. The molecule has 110 valence electrons. The van der Waals surface area contributed by atoms with E-state index >= 15 is 0 Å². The smallest absolute Gasteiger partial charge is 0.273 e. The first-order valence-corrected chi connectivity index (χ1v) is 6.33. The lowest BCUT2D eigenvalue weighted by Crippen LogP contribution is -1.98. The minimum absolute atomic E-state index is 0.0567. The molecule has 0 fully saturated rings. The number of ether oxygens (including phenoxy) is 2. The molecule has 1 aromatic carbocycles. The monoisotopic (exact) mass is 289 g/mol. The maximum atomic E-state index is 10.7. The number of nitrogens with zero attached hydrogens (tertiary/aromatic N) is 2. The maximum absolute atomic E-state index is 10.7. The van der Waals surface area contributed by atoms with Crippen molar-refractivity contribution < 1.29 is 14.4 Å². The van der Waals surface area contributed by atoms with Crippen molar-refractivity contribution in [3.63, 3.8) is 0 Å². The number of methoxy groups -OCH3 is 1. The summed E-state index contributed by atoms with van der Waals surface area (Å²) in [5.41, 5.74) is 0.773. The molecule has 1 N–H and O–H groups in total. The number of benzene rings is 1. The summed E-state index contributed by atoms with van der Waals surface area (Å²) < 4.78 is 10.8. The minimum Gasteiger partial charge on any atom is -0.493 e. The molecule has 0 saturated carbocycles. The first kappa shape index (κ1) is 14.6. The molecule has 1 aromatic heterocycles. The fourth-order valence-corrected chi connectivity index (χ4v) is 1.76. The van der Waals surface area contributed by atoms with Crippen LogP contribution in [-0.4, -0.2) is 23.6 Å². The van der Waals surface area contributed by atoms with Gasteiger partial charge in [0, 0.05) is 18.7 Å². The normalized spacial score (nSPS) is 10.0. The molecule has 7 nitrogen and oxygen atoms in total. The fraction of sp³-hybridized carbons (Fsp3) is 0.214. The van der Waals surface area contributed by atoms with Gasteiger partial charge in [-0.25, -0.2) is 0 Å². The Morgan fingerprint density at radius 1 is 1.29 bits per heavy atom. The van der Waals surface area contributed by atoms with Gasteiger partial charge in [-0.3, -0.25) is 15.1 Å². The van der Waals surface area contributed by atoms with E-state index in [0.717, 1.165) is 12.2 Å². The van der Waals surface area contributed by atoms with Gasteiger partial charge in [-0.2, -0.15) is 0 Å². The highest BCUT2D eigenvalue weighted by molar-refractivity contribution is 5.51. The zero-order valence-electron chi connectivity index (χ0n) is 11.7. The summed E-state index contributed by atoms with van der Waals surface area (Å²) in [6.07, 6.45) is 3.24. The van der Waals surface area contributed by atoms with Crippen LogP contribution in [0, 0.1) is 10.1 Å². The third-order valence-electron chi connectivity index (χ3n) is 2.68. The van der Waals surface area contributed by atoms with E-state index in [1.807, 2.05) is 6.92 Å². The number of anilines is 1. The van der Waals surface area contributed by atoms with Crippen LogP contribution in [0.25, 0.3) is 0 Å². The Hall–Kier alpha value is -2.83. The Kier molecular flexibility index (Phi) is 4.55. The third-order valence-corrected chi connectivity index (χ3v) is 2.68. The molecule has 2 aromatic rings. The zero-order valence-corrected chi connectivity index (χ0v) is 11.7. The van der Waals surface area contributed by atoms with Crippen LogP contribution < -0.4 is 14.8 Å². The van der Waals surface area contributed by atoms with Gasteiger partial charge in [0.15, 0.2) is 11.5 Å². The second-order valence-corrected chi connectivity index (χ2v) is 4.13. The number of aromatic nitrogens is 1. The molecule has 0 bridgehead atoms. The Morgan fingerprint density at radius 3 is 2.76 bits per heavy atom. The van der Waals surface area contributed by atoms with Crippen LogP contribution in [0.5, 0.6) is 17.2 Å². The molecule has 21 heavy (non-hydrogen) atoms. The number of rotatable bonds is 6. The standard InChI is InChI=1S/C14H15N3O4/c1-3-16-10-6-12(9-15-8-10)21-13-5-4-11(17(18)19)7-14(13)20-2/h4-9,16H,3H2,1-2H3. The molecule has 0 spiro atoms. The van der Waals surface area contributed by atoms with Gasteiger partial charge in [0.1, 0.15) is 5.75 Å². The molecule has 0 aliphatic carbocycles. The van der Waals surface area contributed by atoms with Crippen LogP contribution in [0.2, 0.25) is 0 Å². The SMILES string of the molecule is CCNc1cncc(Oc2ccc([N+](=O)[O-])cc2OC)c1. The van der Waals surface area contributed by atoms with Crippen molar-refractivity contribution in [2.75, 3.05) is 19.0 Å². The summed E-state index contributed by atoms with van der Waals surface area (Å²) in [5.74, 6) is 1.19. The summed E-state index contributed by atoms with van der Waals surface area (Å²) >= 11 is 0. The molecule has 0 atom stereocenters. The van der Waals surface area contributed by atoms with Crippen molar-refractivity contribution in [2.24, 2.45) is 0 Å². The number of pyridine rings is 1. The molecule has 1 heterocycles. The molecule has 0 aliphatic rings. The topological polar surface area (TPSA) is 86.5 Å². The highest BCUT2D eigenvalue weighted by atomic mass is 16.6. The van der Waals surface area contributed by atoms with Gasteiger partial charge in [0.2, 0.25) is 0 Å². The summed E-state index contributed by atoms with van der Waals surface area (Å²) in [7, 11) is 1.43. The van der Waals surface area contributed by atoms with Crippen molar-refractivity contribution in [1.29, 1.82) is 0 Å². The summed E-state index contributed by atoms with van der Waals surface area (Å²) in [6.45, 7) is 2.75. The van der Waals surface area contributed by atoms with Crippen LogP contribution in [0.1, 0.15) is 6.92 Å². The number of non-ortho nitro benzene ring substituents is 1. The van der Waals surface area contributed by atoms with Crippen LogP contribution >= 0.6 is 0 Å². The molecule has 0 amide bonds. The molecule has 0 unspecified atom stereocenters. The molecular weight excluding hydrogens is 274 g/mol. The van der Waals surface area contributed by atoms with Crippen LogP contribution in [0.3, 0.4) is 0 Å². The van der Waals surface area contributed by atoms with E-state index < -0.39 is 4.92 Å². The van der Waals surface area contributed by atoms with Gasteiger partial charge >= 0.3 is 0 Å². The number of nitro groups is 1. The van der Waals surface area contributed by atoms with Gasteiger partial charge in [-0.1, -0.05) is 0 Å². The summed E-state index contributed by atoms with van der Waals surface area (Å²) in [4.78, 5) is 14.3. The van der Waals surface area contributed by atoms with E-state index in [0.29, 0.717) is 11.5 Å². The summed E-state index contributed by atoms with van der Waals surface area (Å²) in [5, 5.41) is 13.9. The van der Waals surface area contributed by atoms with Crippen molar-refractivity contribution in [3.05, 3.63) is 46.8 Å². The van der Waals surface area contributed by atoms with Crippen molar-refractivity contribution in [1.82, 2.24) is 4.98 Å². The lowest BCUT2D eigenvalue weighted by atomic mass is 10.3. The van der Waals surface area contributed by atoms with E-state index in [1.165, 1.54) is 25.3 Å². The Morgan fingerprint density at radius 2 is 2.10 bits per heavy atom. The predicted molar refractivity (Wildman–Crippen MR) is 78.1 cm³/mol. The average Bonchev–Trinajstić information content (AvgIpc) is 2.48. The molecule has 0 radical (unpaired) electrons. The van der Waals surface area contributed by atoms with Gasteiger partial charge in [-0.05, 0) is 13.0 Å². The van der Waals surface area contributed by atoms with Gasteiger partial charge in [-0.15, -0.1) is 0 Å². The van der Waals surface area contributed by atoms with E-state index in [2.05, 4.69) is 10.3 Å². The maximum Gasteiger partial charge on any atom is 0.273 e. The average molecular weight is 289 g/mol. The van der Waals surface area contributed by atoms with E-state index in [4.69, 9.17) is 9.47 Å². The number of hydrogen-bond donors (Lipinski definition) is 1. The molecule has 2 rings (SSSR count). The second kappa shape index (κ2) is 6.56. The third kappa shape index (κ3) is 3.59. The first-order chi connectivity index (χ1) is 10.1. The number of nitro benzene ring substituents is 1. The lowest BCUT2D eigenvalue weighted by Gasteiger charge is -2.11. The molecule has 0 saturated heterocycles. The van der Waals surface area contributed by atoms with Crippen LogP contribution in [-0.2, 0) is 0 Å². The van der Waals surface area contributed by atoms with E-state index in [-0.39, 0.29) is 11.4 Å². The molecule has 0 aliphatic heterocycles. The van der Waals surface area contributed by atoms with E-state index in [1.54, 1.807) is 18.5 Å². The zero-order chi connectivity index (χ0) is 15.2. The quantitative estimate of drug-likeness (QED) is 0.649. The molecule has 7 heteroatoms. The first-order valence-electron chi connectivity index (χ1n) is 6.33. The highest BCUT2D eigenvalue weighted by Gasteiger charge is 2.13. The Labute approximate surface area is 121 Å². The highest BCUT2D eigenvalue weighted by Crippen LogP contribution is 2.34. The largest absolute Gasteiger partial charge is 0.493 e. The number of nitrogens with one attached hydrogen (secondary N) is 1. The van der Waals surface area contributed by atoms with Crippen molar-refractivity contribution in [2.45, 2.75) is 6.92 Å². The van der Waals surface area contributed by atoms with Gasteiger partial charge < -0.3 is 14.8 Å².